The summed E-state index contributed by atoms with van der Waals surface area (Å²) in [6.45, 7) is 4.23. The van der Waals surface area contributed by atoms with Crippen LogP contribution in [0.2, 0.25) is 0 Å². The van der Waals surface area contributed by atoms with Crippen molar-refractivity contribution < 1.29 is 9.32 Å². The van der Waals surface area contributed by atoms with E-state index in [1.807, 2.05) is 30.3 Å². The van der Waals surface area contributed by atoms with Crippen molar-refractivity contribution in [1.29, 1.82) is 0 Å². The lowest BCUT2D eigenvalue weighted by molar-refractivity contribution is 0.0949. The number of carbonyl (C=O) groups is 1. The minimum absolute atomic E-state index is 0.0527. The topological polar surface area (TPSA) is 71.3 Å². The lowest BCUT2D eigenvalue weighted by Gasteiger charge is -2.17. The fourth-order valence-electron chi connectivity index (χ4n) is 2.94. The van der Waals surface area contributed by atoms with E-state index in [2.05, 4.69) is 51.7 Å². The maximum absolute atomic E-state index is 12.6. The highest BCUT2D eigenvalue weighted by atomic mass is 32.2. The molecular formula is C22H26N4O2S. The van der Waals surface area contributed by atoms with Gasteiger partial charge in [-0.3, -0.25) is 4.79 Å². The number of carbonyl (C=O) groups excluding carboxylic acids is 1. The van der Waals surface area contributed by atoms with Gasteiger partial charge in [0, 0.05) is 24.9 Å². The van der Waals surface area contributed by atoms with Gasteiger partial charge in [0.15, 0.2) is 5.82 Å². The Kier molecular flexibility index (Phi) is 7.84. The summed E-state index contributed by atoms with van der Waals surface area (Å²) in [6.07, 6.45) is 0.895. The van der Waals surface area contributed by atoms with Gasteiger partial charge in [0.25, 0.3) is 5.91 Å². The molecule has 1 heterocycles. The van der Waals surface area contributed by atoms with Crippen LogP contribution < -0.4 is 5.32 Å². The standard InChI is InChI=1S/C22H26N4O2S/c1-17-24-21(25-28-17)16-29-20-12-7-6-11-19(20)22(27)23-13-8-14-26(2)15-18-9-4-3-5-10-18/h3-7,9-12H,8,13-16H2,1-2H3,(H,23,27). The van der Waals surface area contributed by atoms with Crippen LogP contribution in [-0.2, 0) is 12.3 Å². The van der Waals surface area contributed by atoms with Crippen molar-refractivity contribution in [3.63, 3.8) is 0 Å². The zero-order valence-electron chi connectivity index (χ0n) is 16.8. The summed E-state index contributed by atoms with van der Waals surface area (Å²) in [4.78, 5) is 20.0. The van der Waals surface area contributed by atoms with Gasteiger partial charge in [0.1, 0.15) is 0 Å². The number of rotatable bonds is 10. The molecule has 0 saturated carbocycles. The van der Waals surface area contributed by atoms with Gasteiger partial charge in [-0.2, -0.15) is 4.98 Å². The normalized spacial score (nSPS) is 11.0. The van der Waals surface area contributed by atoms with Gasteiger partial charge >= 0.3 is 0 Å². The van der Waals surface area contributed by atoms with E-state index in [4.69, 9.17) is 4.52 Å². The molecule has 0 unspecified atom stereocenters. The average molecular weight is 411 g/mol. The van der Waals surface area contributed by atoms with E-state index in [0.717, 1.165) is 24.4 Å². The molecule has 0 spiro atoms. The molecule has 152 valence electrons. The fraction of sp³-hybridized carbons (Fsp3) is 0.318. The molecule has 1 N–H and O–H groups in total. The van der Waals surface area contributed by atoms with E-state index in [-0.39, 0.29) is 5.91 Å². The molecule has 2 aromatic carbocycles. The van der Waals surface area contributed by atoms with E-state index in [1.54, 1.807) is 6.92 Å². The average Bonchev–Trinajstić information content (AvgIpc) is 3.15. The van der Waals surface area contributed by atoms with Crippen molar-refractivity contribution in [2.24, 2.45) is 0 Å². The second kappa shape index (κ2) is 10.8. The number of benzene rings is 2. The minimum atomic E-state index is -0.0527. The Balaban J connectivity index is 1.44. The minimum Gasteiger partial charge on any atom is -0.352 e. The largest absolute Gasteiger partial charge is 0.352 e. The summed E-state index contributed by atoms with van der Waals surface area (Å²) in [6, 6.07) is 18.0. The van der Waals surface area contributed by atoms with Crippen LogP contribution in [-0.4, -0.2) is 41.1 Å². The fourth-order valence-corrected chi connectivity index (χ4v) is 3.84. The first-order valence-electron chi connectivity index (χ1n) is 9.63. The summed E-state index contributed by atoms with van der Waals surface area (Å²) < 4.78 is 5.00. The summed E-state index contributed by atoms with van der Waals surface area (Å²) in [5.74, 6) is 1.68. The van der Waals surface area contributed by atoms with Gasteiger partial charge in [-0.1, -0.05) is 47.6 Å². The zero-order valence-corrected chi connectivity index (χ0v) is 17.6. The Morgan fingerprint density at radius 1 is 1.14 bits per heavy atom. The van der Waals surface area contributed by atoms with Crippen molar-refractivity contribution in [2.75, 3.05) is 20.1 Å². The van der Waals surface area contributed by atoms with E-state index in [9.17, 15) is 4.79 Å². The van der Waals surface area contributed by atoms with Crippen LogP contribution in [0.3, 0.4) is 0 Å². The summed E-state index contributed by atoms with van der Waals surface area (Å²) in [5, 5.41) is 6.93. The summed E-state index contributed by atoms with van der Waals surface area (Å²) in [5.41, 5.74) is 1.97. The molecule has 6 nitrogen and oxygen atoms in total. The SMILES string of the molecule is Cc1nc(CSc2ccccc2C(=O)NCCCN(C)Cc2ccccc2)no1. The van der Waals surface area contributed by atoms with Crippen LogP contribution in [0.4, 0.5) is 0 Å². The van der Waals surface area contributed by atoms with Gasteiger partial charge in [-0.25, -0.2) is 0 Å². The maximum Gasteiger partial charge on any atom is 0.252 e. The molecular weight excluding hydrogens is 384 g/mol. The number of nitrogens with one attached hydrogen (secondary N) is 1. The van der Waals surface area contributed by atoms with E-state index in [0.29, 0.717) is 29.6 Å². The molecule has 0 saturated heterocycles. The van der Waals surface area contributed by atoms with Crippen molar-refractivity contribution >= 4 is 17.7 Å². The lowest BCUT2D eigenvalue weighted by atomic mass is 10.2. The number of hydrogen-bond acceptors (Lipinski definition) is 6. The van der Waals surface area contributed by atoms with E-state index >= 15 is 0 Å². The third-order valence-electron chi connectivity index (χ3n) is 4.36. The molecule has 0 bridgehead atoms. The van der Waals surface area contributed by atoms with Gasteiger partial charge in [-0.05, 0) is 37.7 Å². The molecule has 7 heteroatoms. The van der Waals surface area contributed by atoms with Crippen LogP contribution >= 0.6 is 11.8 Å². The monoisotopic (exact) mass is 410 g/mol. The first kappa shape index (κ1) is 21.1. The molecule has 0 radical (unpaired) electrons. The Bertz CT molecular complexity index is 914. The Labute approximate surface area is 175 Å². The molecule has 0 aliphatic rings. The van der Waals surface area contributed by atoms with E-state index in [1.165, 1.54) is 17.3 Å². The third-order valence-corrected chi connectivity index (χ3v) is 5.43. The third kappa shape index (κ3) is 6.73. The van der Waals surface area contributed by atoms with Crippen LogP contribution in [0.1, 0.15) is 34.1 Å². The molecule has 0 atom stereocenters. The second-order valence-corrected chi connectivity index (χ2v) is 7.86. The second-order valence-electron chi connectivity index (χ2n) is 6.85. The van der Waals surface area contributed by atoms with Crippen molar-refractivity contribution in [2.45, 2.75) is 30.5 Å². The van der Waals surface area contributed by atoms with Crippen LogP contribution in [0.5, 0.6) is 0 Å². The number of nitrogens with zero attached hydrogens (tertiary/aromatic N) is 3. The molecule has 3 rings (SSSR count). The highest BCUT2D eigenvalue weighted by molar-refractivity contribution is 7.98. The quantitative estimate of drug-likeness (QED) is 0.403. The first-order chi connectivity index (χ1) is 14.1. The lowest BCUT2D eigenvalue weighted by Crippen LogP contribution is -2.28. The van der Waals surface area contributed by atoms with Crippen molar-refractivity contribution in [3.05, 3.63) is 77.4 Å². The van der Waals surface area contributed by atoms with Crippen LogP contribution in [0.25, 0.3) is 0 Å². The maximum atomic E-state index is 12.6. The predicted octanol–water partition coefficient (Wildman–Crippen LogP) is 3.92. The Morgan fingerprint density at radius 2 is 1.90 bits per heavy atom. The van der Waals surface area contributed by atoms with Gasteiger partial charge in [0.2, 0.25) is 5.89 Å². The number of aryl methyl sites for hydroxylation is 1. The molecule has 1 aromatic heterocycles. The van der Waals surface area contributed by atoms with Crippen molar-refractivity contribution in [1.82, 2.24) is 20.4 Å². The molecule has 0 aliphatic carbocycles. The molecule has 0 aliphatic heterocycles. The molecule has 1 amide bonds. The van der Waals surface area contributed by atoms with Crippen LogP contribution in [0.15, 0.2) is 64.0 Å². The van der Waals surface area contributed by atoms with Gasteiger partial charge in [0.05, 0.1) is 11.3 Å². The summed E-state index contributed by atoms with van der Waals surface area (Å²) in [7, 11) is 2.10. The number of amides is 1. The van der Waals surface area contributed by atoms with E-state index < -0.39 is 0 Å². The highest BCUT2D eigenvalue weighted by Gasteiger charge is 2.12. The molecule has 0 fully saturated rings. The number of thioether (sulfide) groups is 1. The van der Waals surface area contributed by atoms with Gasteiger partial charge in [-0.15, -0.1) is 11.8 Å². The predicted molar refractivity (Wildman–Crippen MR) is 115 cm³/mol. The summed E-state index contributed by atoms with van der Waals surface area (Å²) >= 11 is 1.53. The Hall–Kier alpha value is -2.64. The van der Waals surface area contributed by atoms with Crippen molar-refractivity contribution in [3.8, 4) is 0 Å². The highest BCUT2D eigenvalue weighted by Crippen LogP contribution is 2.25. The molecule has 3 aromatic rings. The number of hydrogen-bond donors (Lipinski definition) is 1. The number of aromatic nitrogens is 2. The van der Waals surface area contributed by atoms with Gasteiger partial charge < -0.3 is 14.7 Å². The molecule has 29 heavy (non-hydrogen) atoms. The smallest absolute Gasteiger partial charge is 0.252 e. The van der Waals surface area contributed by atoms with Crippen LogP contribution in [0, 0.1) is 6.92 Å². The Morgan fingerprint density at radius 3 is 2.66 bits per heavy atom. The first-order valence-corrected chi connectivity index (χ1v) is 10.6. The zero-order chi connectivity index (χ0) is 20.5.